The van der Waals surface area contributed by atoms with Crippen LogP contribution in [0, 0.1) is 5.92 Å². The molecule has 2 atom stereocenters. The van der Waals surface area contributed by atoms with Crippen molar-refractivity contribution in [2.24, 2.45) is 10.9 Å². The molecule has 7 nitrogen and oxygen atoms in total. The molecular weight excluding hydrogens is 342 g/mol. The summed E-state index contributed by atoms with van der Waals surface area (Å²) in [6.45, 7) is 9.42. The number of hydrogen-bond acceptors (Lipinski definition) is 4. The first-order chi connectivity index (χ1) is 12.9. The number of methoxy groups -OCH3 is 1. The maximum Gasteiger partial charge on any atom is 0.239 e. The number of ether oxygens (including phenoxy) is 1. The van der Waals surface area contributed by atoms with Crippen LogP contribution in [-0.2, 0) is 11.3 Å². The molecule has 1 aliphatic heterocycles. The van der Waals surface area contributed by atoms with Gasteiger partial charge in [-0.1, -0.05) is 19.1 Å². The molecule has 0 spiro atoms. The van der Waals surface area contributed by atoms with Crippen molar-refractivity contribution in [1.29, 1.82) is 0 Å². The van der Waals surface area contributed by atoms with Gasteiger partial charge in [-0.2, -0.15) is 0 Å². The number of benzene rings is 1. The number of nitrogens with one attached hydrogen (secondary N) is 3. The van der Waals surface area contributed by atoms with Crippen molar-refractivity contribution in [1.82, 2.24) is 20.9 Å². The van der Waals surface area contributed by atoms with Gasteiger partial charge in [0.2, 0.25) is 5.91 Å². The Hall–Kier alpha value is -2.28. The number of guanidine groups is 1. The highest BCUT2D eigenvalue weighted by Gasteiger charge is 2.31. The number of carbonyl (C=O) groups excluding carboxylic acids is 1. The zero-order valence-electron chi connectivity index (χ0n) is 17.1. The van der Waals surface area contributed by atoms with Crippen molar-refractivity contribution in [3.63, 3.8) is 0 Å². The van der Waals surface area contributed by atoms with Gasteiger partial charge in [0, 0.05) is 38.8 Å². The number of carbonyl (C=O) groups is 1. The van der Waals surface area contributed by atoms with E-state index in [2.05, 4.69) is 46.6 Å². The van der Waals surface area contributed by atoms with Crippen LogP contribution in [0.15, 0.2) is 29.3 Å². The largest absolute Gasteiger partial charge is 0.497 e. The van der Waals surface area contributed by atoms with Gasteiger partial charge in [-0.05, 0) is 37.5 Å². The lowest BCUT2D eigenvalue weighted by molar-refractivity contribution is -0.120. The smallest absolute Gasteiger partial charge is 0.239 e. The molecular formula is C20H33N5O2. The van der Waals surface area contributed by atoms with E-state index in [-0.39, 0.29) is 12.5 Å². The van der Waals surface area contributed by atoms with Crippen molar-refractivity contribution in [3.05, 3.63) is 29.8 Å². The Morgan fingerprint density at radius 3 is 2.52 bits per heavy atom. The van der Waals surface area contributed by atoms with E-state index in [0.29, 0.717) is 30.5 Å². The van der Waals surface area contributed by atoms with Gasteiger partial charge in [0.05, 0.1) is 13.7 Å². The highest BCUT2D eigenvalue weighted by molar-refractivity contribution is 5.86. The molecule has 0 radical (unpaired) electrons. The second-order valence-electron chi connectivity index (χ2n) is 7.33. The lowest BCUT2D eigenvalue weighted by Gasteiger charge is -2.21. The Bertz CT molecular complexity index is 630. The third-order valence-electron chi connectivity index (χ3n) is 4.98. The van der Waals surface area contributed by atoms with Crippen LogP contribution in [-0.4, -0.2) is 62.6 Å². The summed E-state index contributed by atoms with van der Waals surface area (Å²) in [5.41, 5.74) is 1.03. The summed E-state index contributed by atoms with van der Waals surface area (Å²) in [6, 6.07) is 8.52. The summed E-state index contributed by atoms with van der Waals surface area (Å²) >= 11 is 0. The van der Waals surface area contributed by atoms with Gasteiger partial charge in [-0.25, -0.2) is 0 Å². The van der Waals surface area contributed by atoms with Crippen LogP contribution in [0.5, 0.6) is 5.75 Å². The van der Waals surface area contributed by atoms with Gasteiger partial charge in [0.15, 0.2) is 5.96 Å². The first-order valence-corrected chi connectivity index (χ1v) is 9.53. The van der Waals surface area contributed by atoms with E-state index in [9.17, 15) is 4.79 Å². The molecule has 27 heavy (non-hydrogen) atoms. The second kappa shape index (κ2) is 10.2. The Labute approximate surface area is 162 Å². The molecule has 0 bridgehead atoms. The van der Waals surface area contributed by atoms with E-state index in [0.717, 1.165) is 24.4 Å². The Kier molecular flexibility index (Phi) is 7.91. The normalized spacial score (nSPS) is 20.6. The maximum absolute atomic E-state index is 12.1. The molecule has 2 unspecified atom stereocenters. The fraction of sp³-hybridized carbons (Fsp3) is 0.600. The van der Waals surface area contributed by atoms with Gasteiger partial charge in [-0.3, -0.25) is 14.7 Å². The zero-order valence-corrected chi connectivity index (χ0v) is 17.1. The van der Waals surface area contributed by atoms with E-state index in [4.69, 9.17) is 4.74 Å². The number of rotatable bonds is 7. The minimum atomic E-state index is -0.0722. The molecule has 1 aromatic carbocycles. The predicted octanol–water partition coefficient (Wildman–Crippen LogP) is 1.21. The van der Waals surface area contributed by atoms with Crippen molar-refractivity contribution < 1.29 is 9.53 Å². The number of nitrogens with zero attached hydrogens (tertiary/aromatic N) is 2. The lowest BCUT2D eigenvalue weighted by Crippen LogP contribution is -2.49. The van der Waals surface area contributed by atoms with Crippen molar-refractivity contribution in [3.8, 4) is 5.75 Å². The summed E-state index contributed by atoms with van der Waals surface area (Å²) in [7, 11) is 3.36. The molecule has 1 heterocycles. The molecule has 0 saturated carbocycles. The summed E-state index contributed by atoms with van der Waals surface area (Å²) < 4.78 is 5.13. The molecule has 3 N–H and O–H groups in total. The summed E-state index contributed by atoms with van der Waals surface area (Å²) in [4.78, 5) is 18.8. The lowest BCUT2D eigenvalue weighted by atomic mass is 10.1. The highest BCUT2D eigenvalue weighted by atomic mass is 16.5. The van der Waals surface area contributed by atoms with Crippen LogP contribution in [0.3, 0.4) is 0 Å². The molecule has 1 aromatic rings. The monoisotopic (exact) mass is 375 g/mol. The average Bonchev–Trinajstić information content (AvgIpc) is 3.04. The number of aliphatic imine (C=N–C) groups is 1. The van der Waals surface area contributed by atoms with Crippen LogP contribution in [0.25, 0.3) is 0 Å². The SMILES string of the molecule is CN=C(NCC(=O)NCc1ccc(OC)cc1)NC1CN(C(C)C)CC1C. The standard InChI is InChI=1S/C20H33N5O2/c1-14(2)25-12-15(3)18(13-25)24-20(21-4)23-11-19(26)22-10-16-6-8-17(27-5)9-7-16/h6-9,14-15,18H,10-13H2,1-5H3,(H,22,26)(H2,21,23,24). The van der Waals surface area contributed by atoms with E-state index < -0.39 is 0 Å². The van der Waals surface area contributed by atoms with Crippen molar-refractivity contribution >= 4 is 11.9 Å². The maximum atomic E-state index is 12.1. The predicted molar refractivity (Wildman–Crippen MR) is 109 cm³/mol. The summed E-state index contributed by atoms with van der Waals surface area (Å²) in [5.74, 6) is 1.93. The Balaban J connectivity index is 1.74. The van der Waals surface area contributed by atoms with Crippen LogP contribution < -0.4 is 20.7 Å². The first-order valence-electron chi connectivity index (χ1n) is 9.53. The molecule has 1 saturated heterocycles. The van der Waals surface area contributed by atoms with Gasteiger partial charge >= 0.3 is 0 Å². The van der Waals surface area contributed by atoms with Gasteiger partial charge < -0.3 is 20.7 Å². The van der Waals surface area contributed by atoms with Gasteiger partial charge in [0.1, 0.15) is 5.75 Å². The first kappa shape index (κ1) is 21.0. The molecule has 0 aromatic heterocycles. The number of hydrogen-bond donors (Lipinski definition) is 3. The fourth-order valence-electron chi connectivity index (χ4n) is 3.15. The minimum Gasteiger partial charge on any atom is -0.497 e. The molecule has 1 aliphatic rings. The van der Waals surface area contributed by atoms with Crippen LogP contribution in [0.1, 0.15) is 26.3 Å². The topological polar surface area (TPSA) is 78.0 Å². The third kappa shape index (κ3) is 6.43. The summed E-state index contributed by atoms with van der Waals surface area (Å²) in [5, 5.41) is 9.46. The quantitative estimate of drug-likeness (QED) is 0.493. The molecule has 1 fully saturated rings. The van der Waals surface area contributed by atoms with E-state index in [1.54, 1.807) is 14.2 Å². The molecule has 2 rings (SSSR count). The molecule has 0 aliphatic carbocycles. The Morgan fingerprint density at radius 2 is 1.96 bits per heavy atom. The molecule has 7 heteroatoms. The number of amides is 1. The van der Waals surface area contributed by atoms with E-state index in [1.807, 2.05) is 24.3 Å². The van der Waals surface area contributed by atoms with E-state index >= 15 is 0 Å². The minimum absolute atomic E-state index is 0.0722. The molecule has 150 valence electrons. The van der Waals surface area contributed by atoms with Gasteiger partial charge in [0.25, 0.3) is 0 Å². The zero-order chi connectivity index (χ0) is 19.8. The van der Waals surface area contributed by atoms with Crippen LogP contribution in [0.2, 0.25) is 0 Å². The van der Waals surface area contributed by atoms with E-state index in [1.165, 1.54) is 0 Å². The number of likely N-dealkylation sites (tertiary alicyclic amines) is 1. The van der Waals surface area contributed by atoms with Gasteiger partial charge in [-0.15, -0.1) is 0 Å². The highest BCUT2D eigenvalue weighted by Crippen LogP contribution is 2.18. The van der Waals surface area contributed by atoms with Crippen LogP contribution >= 0.6 is 0 Å². The van der Waals surface area contributed by atoms with Crippen molar-refractivity contribution in [2.75, 3.05) is 33.8 Å². The fourth-order valence-corrected chi connectivity index (χ4v) is 3.15. The van der Waals surface area contributed by atoms with Crippen LogP contribution in [0.4, 0.5) is 0 Å². The summed E-state index contributed by atoms with van der Waals surface area (Å²) in [6.07, 6.45) is 0. The second-order valence-corrected chi connectivity index (χ2v) is 7.33. The average molecular weight is 376 g/mol. The third-order valence-corrected chi connectivity index (χ3v) is 4.98. The van der Waals surface area contributed by atoms with Crippen molar-refractivity contribution in [2.45, 2.75) is 39.4 Å². The Morgan fingerprint density at radius 1 is 1.26 bits per heavy atom. The molecule has 1 amide bonds.